The first-order valence-electron chi connectivity index (χ1n) is 8.43. The molecule has 2 aliphatic rings. The molecule has 7 heteroatoms. The van der Waals surface area contributed by atoms with Crippen LogP contribution in [0, 0.1) is 24.6 Å². The van der Waals surface area contributed by atoms with Crippen LogP contribution in [-0.2, 0) is 0 Å². The zero-order valence-corrected chi connectivity index (χ0v) is 14.6. The third kappa shape index (κ3) is 2.64. The van der Waals surface area contributed by atoms with Gasteiger partial charge in [-0.1, -0.05) is 22.8 Å². The van der Waals surface area contributed by atoms with Gasteiger partial charge in [0.15, 0.2) is 0 Å². The number of fused-ring (bicyclic) bond motifs is 1. The van der Waals surface area contributed by atoms with Crippen molar-refractivity contribution in [3.63, 3.8) is 0 Å². The Bertz CT molecular complexity index is 817. The number of halogens is 2. The van der Waals surface area contributed by atoms with Gasteiger partial charge < -0.3 is 15.2 Å². The molecule has 3 atom stereocenters. The maximum atomic E-state index is 14.3. The zero-order valence-electron chi connectivity index (χ0n) is 13.8. The van der Waals surface area contributed by atoms with Crippen LogP contribution in [0.5, 0.6) is 0 Å². The van der Waals surface area contributed by atoms with Crippen LogP contribution in [0.4, 0.5) is 4.39 Å². The minimum Gasteiger partial charge on any atom is -0.360 e. The quantitative estimate of drug-likeness (QED) is 0.888. The van der Waals surface area contributed by atoms with Crippen molar-refractivity contribution in [3.8, 4) is 11.3 Å². The molecule has 0 radical (unpaired) electrons. The van der Waals surface area contributed by atoms with Gasteiger partial charge >= 0.3 is 0 Å². The van der Waals surface area contributed by atoms with Gasteiger partial charge in [-0.05, 0) is 43.7 Å². The fourth-order valence-corrected chi connectivity index (χ4v) is 4.40. The first-order chi connectivity index (χ1) is 12.0. The van der Waals surface area contributed by atoms with E-state index < -0.39 is 5.82 Å². The summed E-state index contributed by atoms with van der Waals surface area (Å²) in [6.07, 6.45) is 2.06. The predicted molar refractivity (Wildman–Crippen MR) is 91.7 cm³/mol. The van der Waals surface area contributed by atoms with E-state index in [1.165, 1.54) is 12.1 Å². The van der Waals surface area contributed by atoms with Crippen LogP contribution in [0.25, 0.3) is 11.3 Å². The van der Waals surface area contributed by atoms with Gasteiger partial charge in [0, 0.05) is 19.1 Å². The highest BCUT2D eigenvalue weighted by atomic mass is 35.5. The Kier molecular flexibility index (Phi) is 4.04. The lowest BCUT2D eigenvalue weighted by atomic mass is 9.98. The zero-order chi connectivity index (χ0) is 17.7. The van der Waals surface area contributed by atoms with Crippen LogP contribution in [0.2, 0.25) is 5.02 Å². The molecule has 132 valence electrons. The van der Waals surface area contributed by atoms with Gasteiger partial charge in [0.1, 0.15) is 22.8 Å². The number of carbonyl (C=O) groups is 1. The van der Waals surface area contributed by atoms with Crippen molar-refractivity contribution in [2.24, 2.45) is 17.6 Å². The Morgan fingerprint density at radius 3 is 2.92 bits per heavy atom. The predicted octanol–water partition coefficient (Wildman–Crippen LogP) is 3.25. The van der Waals surface area contributed by atoms with Gasteiger partial charge in [0.2, 0.25) is 0 Å². The molecular weight excluding hydrogens is 345 g/mol. The Balaban J connectivity index is 1.70. The van der Waals surface area contributed by atoms with E-state index in [2.05, 4.69) is 5.16 Å². The highest BCUT2D eigenvalue weighted by Crippen LogP contribution is 2.39. The normalized spacial score (nSPS) is 25.4. The fourth-order valence-electron chi connectivity index (χ4n) is 4.15. The van der Waals surface area contributed by atoms with Gasteiger partial charge in [-0.2, -0.15) is 0 Å². The number of nitrogens with two attached hydrogens (primary N) is 1. The molecule has 1 saturated carbocycles. The molecule has 0 bridgehead atoms. The highest BCUT2D eigenvalue weighted by Gasteiger charge is 2.43. The molecule has 2 aromatic rings. The lowest BCUT2D eigenvalue weighted by Gasteiger charge is -2.19. The third-order valence-electron chi connectivity index (χ3n) is 5.48. The molecule has 2 N–H and O–H groups in total. The molecule has 1 aromatic carbocycles. The number of aryl methyl sites for hydroxylation is 1. The van der Waals surface area contributed by atoms with E-state index in [-0.39, 0.29) is 33.8 Å². The van der Waals surface area contributed by atoms with E-state index in [0.29, 0.717) is 30.7 Å². The van der Waals surface area contributed by atoms with Crippen LogP contribution >= 0.6 is 11.6 Å². The van der Waals surface area contributed by atoms with Crippen LogP contribution in [0.1, 0.15) is 29.0 Å². The molecule has 1 saturated heterocycles. The number of hydrogen-bond donors (Lipinski definition) is 1. The minimum absolute atomic E-state index is 0.0976. The van der Waals surface area contributed by atoms with E-state index >= 15 is 0 Å². The Morgan fingerprint density at radius 1 is 1.40 bits per heavy atom. The summed E-state index contributed by atoms with van der Waals surface area (Å²) in [5.74, 6) is 0.412. The van der Waals surface area contributed by atoms with Crippen molar-refractivity contribution in [2.45, 2.75) is 25.8 Å². The number of hydrogen-bond acceptors (Lipinski definition) is 4. The smallest absolute Gasteiger partial charge is 0.259 e. The lowest BCUT2D eigenvalue weighted by molar-refractivity contribution is 0.0778. The molecule has 0 spiro atoms. The second-order valence-corrected chi connectivity index (χ2v) is 7.34. The first-order valence-corrected chi connectivity index (χ1v) is 8.80. The van der Waals surface area contributed by atoms with Crippen LogP contribution in [-0.4, -0.2) is 35.1 Å². The summed E-state index contributed by atoms with van der Waals surface area (Å²) in [6.45, 7) is 2.95. The topological polar surface area (TPSA) is 72.4 Å². The lowest BCUT2D eigenvalue weighted by Crippen LogP contribution is -2.33. The standard InChI is InChI=1S/C18H19ClFN3O2/c1-9-15(17(22-25-9)16-12(19)3-2-4-13(16)20)18(24)23-7-10-5-6-14(21)11(10)8-23/h2-4,10-11,14H,5-8,21H2,1H3. The maximum Gasteiger partial charge on any atom is 0.259 e. The van der Waals surface area contributed by atoms with Gasteiger partial charge in [0.05, 0.1) is 10.6 Å². The van der Waals surface area contributed by atoms with Crippen molar-refractivity contribution in [1.29, 1.82) is 0 Å². The molecule has 4 rings (SSSR count). The number of amides is 1. The number of benzene rings is 1. The molecule has 2 fully saturated rings. The summed E-state index contributed by atoms with van der Waals surface area (Å²) in [6, 6.07) is 4.52. The summed E-state index contributed by atoms with van der Waals surface area (Å²) in [7, 11) is 0. The molecule has 1 aliphatic carbocycles. The van der Waals surface area contributed by atoms with Crippen LogP contribution in [0.15, 0.2) is 22.7 Å². The summed E-state index contributed by atoms with van der Waals surface area (Å²) < 4.78 is 19.5. The Morgan fingerprint density at radius 2 is 2.20 bits per heavy atom. The average Bonchev–Trinajstić information content (AvgIpc) is 3.24. The minimum atomic E-state index is -0.532. The van der Waals surface area contributed by atoms with Crippen molar-refractivity contribution in [2.75, 3.05) is 13.1 Å². The second kappa shape index (κ2) is 6.11. The van der Waals surface area contributed by atoms with Gasteiger partial charge in [-0.3, -0.25) is 4.79 Å². The highest BCUT2D eigenvalue weighted by molar-refractivity contribution is 6.33. The van der Waals surface area contributed by atoms with Crippen LogP contribution in [0.3, 0.4) is 0 Å². The first kappa shape index (κ1) is 16.5. The fraction of sp³-hybridized carbons (Fsp3) is 0.444. The van der Waals surface area contributed by atoms with Crippen molar-refractivity contribution in [3.05, 3.63) is 40.4 Å². The second-order valence-electron chi connectivity index (χ2n) is 6.93. The van der Waals surface area contributed by atoms with E-state index in [4.69, 9.17) is 21.9 Å². The van der Waals surface area contributed by atoms with Gasteiger partial charge in [-0.25, -0.2) is 4.39 Å². The molecule has 2 heterocycles. The summed E-state index contributed by atoms with van der Waals surface area (Å²) >= 11 is 6.14. The summed E-state index contributed by atoms with van der Waals surface area (Å²) in [5, 5.41) is 4.11. The molecular formula is C18H19ClFN3O2. The van der Waals surface area contributed by atoms with Gasteiger partial charge in [-0.15, -0.1) is 0 Å². The molecule has 1 aliphatic heterocycles. The Labute approximate surface area is 149 Å². The number of nitrogens with zero attached hydrogens (tertiary/aromatic N) is 2. The largest absolute Gasteiger partial charge is 0.360 e. The monoisotopic (exact) mass is 363 g/mol. The van der Waals surface area contributed by atoms with E-state index in [1.807, 2.05) is 0 Å². The van der Waals surface area contributed by atoms with Crippen molar-refractivity contribution >= 4 is 17.5 Å². The molecule has 25 heavy (non-hydrogen) atoms. The van der Waals surface area contributed by atoms with E-state index in [1.54, 1.807) is 17.9 Å². The van der Waals surface area contributed by atoms with Crippen molar-refractivity contribution < 1.29 is 13.7 Å². The van der Waals surface area contributed by atoms with Gasteiger partial charge in [0.25, 0.3) is 5.91 Å². The SMILES string of the molecule is Cc1onc(-c2c(F)cccc2Cl)c1C(=O)N1CC2CCC(N)C2C1. The third-order valence-corrected chi connectivity index (χ3v) is 5.79. The van der Waals surface area contributed by atoms with E-state index in [9.17, 15) is 9.18 Å². The Hall–Kier alpha value is -1.92. The number of rotatable bonds is 2. The number of likely N-dealkylation sites (tertiary alicyclic amines) is 1. The van der Waals surface area contributed by atoms with Crippen molar-refractivity contribution in [1.82, 2.24) is 10.1 Å². The summed E-state index contributed by atoms with van der Waals surface area (Å²) in [4.78, 5) is 14.9. The van der Waals surface area contributed by atoms with E-state index in [0.717, 1.165) is 12.8 Å². The maximum absolute atomic E-state index is 14.3. The molecule has 3 unspecified atom stereocenters. The molecule has 1 amide bonds. The summed E-state index contributed by atoms with van der Waals surface area (Å²) in [5.41, 5.74) is 6.69. The number of carbonyl (C=O) groups excluding carboxylic acids is 1. The number of aromatic nitrogens is 1. The molecule has 5 nitrogen and oxygen atoms in total. The average molecular weight is 364 g/mol. The molecule has 1 aromatic heterocycles. The van der Waals surface area contributed by atoms with Crippen LogP contribution < -0.4 is 5.73 Å².